The van der Waals surface area contributed by atoms with Crippen LogP contribution in [0.3, 0.4) is 0 Å². The molecule has 0 aliphatic carbocycles. The van der Waals surface area contributed by atoms with Crippen molar-refractivity contribution in [1.82, 2.24) is 20.5 Å². The number of nitrogens with one attached hydrogen (secondary N) is 1. The fourth-order valence-electron chi connectivity index (χ4n) is 2.28. The predicted molar refractivity (Wildman–Crippen MR) is 80.2 cm³/mol. The molecule has 4 nitrogen and oxygen atoms in total. The van der Waals surface area contributed by atoms with E-state index in [0.29, 0.717) is 5.01 Å². The summed E-state index contributed by atoms with van der Waals surface area (Å²) in [5, 5.41) is 12.7. The molecule has 1 aliphatic heterocycles. The van der Waals surface area contributed by atoms with Crippen LogP contribution in [0.15, 0.2) is 18.2 Å². The zero-order valence-corrected chi connectivity index (χ0v) is 13.1. The second-order valence-electron chi connectivity index (χ2n) is 4.89. The molecule has 1 aliphatic rings. The van der Waals surface area contributed by atoms with Gasteiger partial charge in [-0.05, 0) is 31.5 Å². The maximum absolute atomic E-state index is 12.7. The van der Waals surface area contributed by atoms with Crippen molar-refractivity contribution in [2.75, 3.05) is 13.1 Å². The maximum Gasteiger partial charge on any atom is 0.433 e. The second kappa shape index (κ2) is 6.89. The van der Waals surface area contributed by atoms with Crippen LogP contribution < -0.4 is 5.32 Å². The zero-order valence-electron chi connectivity index (χ0n) is 11.4. The number of piperidine rings is 1. The predicted octanol–water partition coefficient (Wildman–Crippen LogP) is 3.51. The summed E-state index contributed by atoms with van der Waals surface area (Å²) in [5.74, 6) is 0.288. The van der Waals surface area contributed by atoms with Gasteiger partial charge < -0.3 is 5.32 Å². The summed E-state index contributed by atoms with van der Waals surface area (Å²) in [7, 11) is 0. The van der Waals surface area contributed by atoms with E-state index in [4.69, 9.17) is 0 Å². The average Bonchev–Trinajstić information content (AvgIpc) is 2.97. The molecule has 1 unspecified atom stereocenters. The molecule has 3 rings (SSSR count). The molecule has 0 aromatic carbocycles. The average molecular weight is 351 g/mol. The van der Waals surface area contributed by atoms with E-state index in [2.05, 4.69) is 20.5 Å². The first-order valence-electron chi connectivity index (χ1n) is 6.63. The highest BCUT2D eigenvalue weighted by atomic mass is 35.5. The van der Waals surface area contributed by atoms with E-state index in [1.165, 1.54) is 23.5 Å². The molecular weight excluding hydrogens is 337 g/mol. The van der Waals surface area contributed by atoms with Crippen molar-refractivity contribution in [2.24, 2.45) is 0 Å². The first kappa shape index (κ1) is 17.1. The molecule has 3 heterocycles. The Kier molecular flexibility index (Phi) is 5.36. The van der Waals surface area contributed by atoms with Gasteiger partial charge in [0, 0.05) is 12.5 Å². The van der Waals surface area contributed by atoms with Crippen molar-refractivity contribution in [3.63, 3.8) is 0 Å². The van der Waals surface area contributed by atoms with Crippen LogP contribution in [0.4, 0.5) is 13.2 Å². The van der Waals surface area contributed by atoms with Crippen LogP contribution in [0, 0.1) is 0 Å². The molecule has 0 saturated carbocycles. The normalized spacial score (nSPS) is 18.8. The van der Waals surface area contributed by atoms with Gasteiger partial charge in [-0.3, -0.25) is 0 Å². The van der Waals surface area contributed by atoms with Gasteiger partial charge in [0.25, 0.3) is 0 Å². The fourth-order valence-corrected chi connectivity index (χ4v) is 3.22. The van der Waals surface area contributed by atoms with Crippen LogP contribution in [0.1, 0.15) is 29.5 Å². The van der Waals surface area contributed by atoms with E-state index in [0.717, 1.165) is 37.0 Å². The van der Waals surface area contributed by atoms with E-state index >= 15 is 0 Å². The maximum atomic E-state index is 12.7. The van der Waals surface area contributed by atoms with Gasteiger partial charge in [-0.2, -0.15) is 13.2 Å². The monoisotopic (exact) mass is 350 g/mol. The van der Waals surface area contributed by atoms with Crippen LogP contribution in [-0.2, 0) is 6.18 Å². The minimum absolute atomic E-state index is 0. The Balaban J connectivity index is 0.00000176. The standard InChI is InChI=1S/C13H13F3N4S.ClH/c14-13(15,16)10-5-1-4-9(18-10)12-20-19-11(21-12)8-3-2-6-17-7-8;/h1,4-5,8,17H,2-3,6-7H2;1H. The van der Waals surface area contributed by atoms with E-state index < -0.39 is 11.9 Å². The third-order valence-electron chi connectivity index (χ3n) is 3.35. The van der Waals surface area contributed by atoms with Crippen LogP contribution in [-0.4, -0.2) is 28.3 Å². The summed E-state index contributed by atoms with van der Waals surface area (Å²) in [6.07, 6.45) is -2.35. The Morgan fingerprint density at radius 2 is 2.05 bits per heavy atom. The van der Waals surface area contributed by atoms with Crippen molar-refractivity contribution in [2.45, 2.75) is 24.9 Å². The highest BCUT2D eigenvalue weighted by molar-refractivity contribution is 7.14. The van der Waals surface area contributed by atoms with Gasteiger partial charge in [0.1, 0.15) is 16.4 Å². The first-order valence-corrected chi connectivity index (χ1v) is 7.44. The molecule has 2 aromatic heterocycles. The Morgan fingerprint density at radius 3 is 2.73 bits per heavy atom. The summed E-state index contributed by atoms with van der Waals surface area (Å²) in [5.41, 5.74) is -0.687. The number of halogens is 4. The fraction of sp³-hybridized carbons (Fsp3) is 0.462. The minimum Gasteiger partial charge on any atom is -0.316 e. The van der Waals surface area contributed by atoms with Gasteiger partial charge in [0.05, 0.1) is 0 Å². The third-order valence-corrected chi connectivity index (χ3v) is 4.45. The molecule has 1 atom stereocenters. The molecule has 0 bridgehead atoms. The van der Waals surface area contributed by atoms with Gasteiger partial charge in [-0.25, -0.2) is 4.98 Å². The molecule has 1 saturated heterocycles. The lowest BCUT2D eigenvalue weighted by molar-refractivity contribution is -0.141. The van der Waals surface area contributed by atoms with Gasteiger partial charge >= 0.3 is 6.18 Å². The van der Waals surface area contributed by atoms with E-state index in [1.54, 1.807) is 0 Å². The summed E-state index contributed by atoms with van der Waals surface area (Å²) < 4.78 is 38.0. The van der Waals surface area contributed by atoms with Gasteiger partial charge in [-0.1, -0.05) is 17.4 Å². The van der Waals surface area contributed by atoms with E-state index in [-0.39, 0.29) is 24.0 Å². The molecule has 0 amide bonds. The van der Waals surface area contributed by atoms with Crippen molar-refractivity contribution in [3.05, 3.63) is 28.9 Å². The first-order chi connectivity index (χ1) is 10.0. The number of rotatable bonds is 2. The quantitative estimate of drug-likeness (QED) is 0.900. The Hall–Kier alpha value is -1.25. The number of nitrogens with zero attached hydrogens (tertiary/aromatic N) is 3. The summed E-state index contributed by atoms with van der Waals surface area (Å²) in [4.78, 5) is 3.64. The van der Waals surface area contributed by atoms with Crippen LogP contribution >= 0.6 is 23.7 Å². The van der Waals surface area contributed by atoms with Crippen molar-refractivity contribution in [3.8, 4) is 10.7 Å². The third kappa shape index (κ3) is 3.74. The molecule has 1 N–H and O–H groups in total. The van der Waals surface area contributed by atoms with Crippen molar-refractivity contribution < 1.29 is 13.2 Å². The zero-order chi connectivity index (χ0) is 14.9. The van der Waals surface area contributed by atoms with Crippen LogP contribution in [0.5, 0.6) is 0 Å². The summed E-state index contributed by atoms with van der Waals surface area (Å²) >= 11 is 1.32. The lowest BCUT2D eigenvalue weighted by Gasteiger charge is -2.19. The SMILES string of the molecule is Cl.FC(F)(F)c1cccc(-c2nnc(C3CCCNC3)s2)n1. The van der Waals surface area contributed by atoms with E-state index in [1.807, 2.05) is 0 Å². The molecule has 1 fully saturated rings. The van der Waals surface area contributed by atoms with Gasteiger partial charge in [0.2, 0.25) is 0 Å². The Labute approximate surface area is 135 Å². The van der Waals surface area contributed by atoms with Gasteiger partial charge in [-0.15, -0.1) is 22.6 Å². The molecule has 2 aromatic rings. The minimum atomic E-state index is -4.45. The van der Waals surface area contributed by atoms with Crippen molar-refractivity contribution >= 4 is 23.7 Å². The molecule has 0 spiro atoms. The molecule has 22 heavy (non-hydrogen) atoms. The Morgan fingerprint density at radius 1 is 1.23 bits per heavy atom. The van der Waals surface area contributed by atoms with Gasteiger partial charge in [0.15, 0.2) is 5.01 Å². The highest BCUT2D eigenvalue weighted by Gasteiger charge is 2.32. The van der Waals surface area contributed by atoms with E-state index in [9.17, 15) is 13.2 Å². The lowest BCUT2D eigenvalue weighted by Crippen LogP contribution is -2.28. The Bertz CT molecular complexity index is 626. The number of alkyl halides is 3. The lowest BCUT2D eigenvalue weighted by atomic mass is 10.0. The molecule has 9 heteroatoms. The topological polar surface area (TPSA) is 50.7 Å². The number of hydrogen-bond donors (Lipinski definition) is 1. The second-order valence-corrected chi connectivity index (χ2v) is 5.90. The van der Waals surface area contributed by atoms with Crippen LogP contribution in [0.25, 0.3) is 10.7 Å². The number of pyridine rings is 1. The van der Waals surface area contributed by atoms with Crippen LogP contribution in [0.2, 0.25) is 0 Å². The molecule has 0 radical (unpaired) electrons. The molecular formula is C13H14ClF3N4S. The largest absolute Gasteiger partial charge is 0.433 e. The number of aromatic nitrogens is 3. The summed E-state index contributed by atoms with van der Waals surface area (Å²) in [6, 6.07) is 3.82. The molecule has 120 valence electrons. The van der Waals surface area contributed by atoms with Crippen molar-refractivity contribution in [1.29, 1.82) is 0 Å². The summed E-state index contributed by atoms with van der Waals surface area (Å²) in [6.45, 7) is 1.84. The number of hydrogen-bond acceptors (Lipinski definition) is 5. The highest BCUT2D eigenvalue weighted by Crippen LogP contribution is 2.32. The smallest absolute Gasteiger partial charge is 0.316 e.